The van der Waals surface area contributed by atoms with Crippen LogP contribution in [0.15, 0.2) is 34.1 Å². The molecule has 33 heavy (non-hydrogen) atoms. The SMILES string of the molecule is O=C(CSc1nc(=O)n(CCCN2CCOCC2)c2c1CCC2)N1CCCc2ccccc21. The van der Waals surface area contributed by atoms with E-state index in [2.05, 4.69) is 16.0 Å². The Balaban J connectivity index is 1.25. The number of thioether (sulfide) groups is 1. The molecule has 5 rings (SSSR count). The Bertz CT molecular complexity index is 1060. The van der Waals surface area contributed by atoms with Gasteiger partial charge in [-0.25, -0.2) is 4.79 Å². The zero-order valence-electron chi connectivity index (χ0n) is 19.1. The molecule has 8 heteroatoms. The van der Waals surface area contributed by atoms with Crippen molar-refractivity contribution in [3.8, 4) is 0 Å². The Morgan fingerprint density at radius 1 is 1.03 bits per heavy atom. The molecule has 1 saturated heterocycles. The number of hydrogen-bond acceptors (Lipinski definition) is 6. The largest absolute Gasteiger partial charge is 0.379 e. The fourth-order valence-electron chi connectivity index (χ4n) is 5.21. The first-order chi connectivity index (χ1) is 16.2. The fraction of sp³-hybridized carbons (Fsp3) is 0.560. The first-order valence-electron chi connectivity index (χ1n) is 12.1. The van der Waals surface area contributed by atoms with E-state index in [4.69, 9.17) is 4.74 Å². The number of hydrogen-bond donors (Lipinski definition) is 0. The van der Waals surface area contributed by atoms with E-state index in [1.807, 2.05) is 27.7 Å². The van der Waals surface area contributed by atoms with E-state index < -0.39 is 0 Å². The minimum Gasteiger partial charge on any atom is -0.379 e. The molecule has 1 amide bonds. The van der Waals surface area contributed by atoms with Crippen molar-refractivity contribution < 1.29 is 9.53 Å². The molecule has 1 aliphatic carbocycles. The average molecular weight is 469 g/mol. The lowest BCUT2D eigenvalue weighted by Gasteiger charge is -2.29. The van der Waals surface area contributed by atoms with Crippen LogP contribution in [0, 0.1) is 0 Å². The summed E-state index contributed by atoms with van der Waals surface area (Å²) in [4.78, 5) is 34.7. The second-order valence-corrected chi connectivity index (χ2v) is 9.97. The second kappa shape index (κ2) is 10.4. The lowest BCUT2D eigenvalue weighted by Crippen LogP contribution is -2.38. The molecule has 0 N–H and O–H groups in total. The molecule has 0 unspecified atom stereocenters. The lowest BCUT2D eigenvalue weighted by molar-refractivity contribution is -0.116. The molecule has 0 atom stereocenters. The molecule has 0 spiro atoms. The Hall–Kier alpha value is -2.16. The topological polar surface area (TPSA) is 67.7 Å². The molecule has 2 aliphatic heterocycles. The van der Waals surface area contributed by atoms with Crippen LogP contribution in [0.3, 0.4) is 0 Å². The molecule has 0 radical (unpaired) electrons. The zero-order chi connectivity index (χ0) is 22.6. The smallest absolute Gasteiger partial charge is 0.348 e. The fourth-order valence-corrected chi connectivity index (χ4v) is 6.17. The van der Waals surface area contributed by atoms with Crippen molar-refractivity contribution >= 4 is 23.4 Å². The van der Waals surface area contributed by atoms with Crippen molar-refractivity contribution in [2.24, 2.45) is 0 Å². The summed E-state index contributed by atoms with van der Waals surface area (Å²) in [5, 5.41) is 0.760. The van der Waals surface area contributed by atoms with Crippen LogP contribution in [-0.2, 0) is 35.3 Å². The highest BCUT2D eigenvalue weighted by atomic mass is 32.2. The van der Waals surface area contributed by atoms with Gasteiger partial charge in [-0.2, -0.15) is 4.98 Å². The molecule has 2 aromatic rings. The van der Waals surface area contributed by atoms with Crippen molar-refractivity contribution in [1.29, 1.82) is 0 Å². The number of para-hydroxylation sites is 1. The lowest BCUT2D eigenvalue weighted by atomic mass is 10.0. The van der Waals surface area contributed by atoms with Gasteiger partial charge in [-0.05, 0) is 50.2 Å². The van der Waals surface area contributed by atoms with E-state index in [0.29, 0.717) is 12.3 Å². The summed E-state index contributed by atoms with van der Waals surface area (Å²) in [6, 6.07) is 8.16. The molecule has 0 saturated carbocycles. The van der Waals surface area contributed by atoms with Crippen molar-refractivity contribution in [2.75, 3.05) is 50.0 Å². The van der Waals surface area contributed by atoms with Crippen LogP contribution >= 0.6 is 11.8 Å². The molecule has 7 nitrogen and oxygen atoms in total. The Morgan fingerprint density at radius 3 is 2.76 bits per heavy atom. The van der Waals surface area contributed by atoms with Gasteiger partial charge in [-0.1, -0.05) is 30.0 Å². The highest BCUT2D eigenvalue weighted by molar-refractivity contribution is 8.00. The number of benzene rings is 1. The van der Waals surface area contributed by atoms with Crippen LogP contribution in [-0.4, -0.2) is 65.5 Å². The van der Waals surface area contributed by atoms with Crippen LogP contribution in [0.5, 0.6) is 0 Å². The summed E-state index contributed by atoms with van der Waals surface area (Å²) in [6.45, 7) is 5.97. The van der Waals surface area contributed by atoms with Gasteiger partial charge < -0.3 is 9.64 Å². The molecule has 1 aromatic carbocycles. The van der Waals surface area contributed by atoms with E-state index >= 15 is 0 Å². The third-order valence-corrected chi connectivity index (χ3v) is 7.91. The maximum atomic E-state index is 13.1. The summed E-state index contributed by atoms with van der Waals surface area (Å²) in [5.74, 6) is 0.407. The van der Waals surface area contributed by atoms with Crippen LogP contribution < -0.4 is 10.6 Å². The van der Waals surface area contributed by atoms with Gasteiger partial charge in [0.1, 0.15) is 5.03 Å². The maximum Gasteiger partial charge on any atom is 0.348 e. The van der Waals surface area contributed by atoms with Gasteiger partial charge in [-0.3, -0.25) is 14.3 Å². The second-order valence-electron chi connectivity index (χ2n) is 9.00. The van der Waals surface area contributed by atoms with Crippen LogP contribution in [0.25, 0.3) is 0 Å². The number of carbonyl (C=O) groups excluding carboxylic acids is 1. The number of anilines is 1. The summed E-state index contributed by atoms with van der Waals surface area (Å²) in [6.07, 6.45) is 5.85. The zero-order valence-corrected chi connectivity index (χ0v) is 19.9. The third kappa shape index (κ3) is 5.03. The first kappa shape index (κ1) is 22.6. The van der Waals surface area contributed by atoms with Crippen LogP contribution in [0.4, 0.5) is 5.69 Å². The molecule has 3 aliphatic rings. The highest BCUT2D eigenvalue weighted by Crippen LogP contribution is 2.31. The van der Waals surface area contributed by atoms with Gasteiger partial charge in [0.2, 0.25) is 5.91 Å². The predicted octanol–water partition coefficient (Wildman–Crippen LogP) is 2.53. The van der Waals surface area contributed by atoms with Crippen molar-refractivity contribution in [1.82, 2.24) is 14.5 Å². The minimum atomic E-state index is -0.170. The van der Waals surface area contributed by atoms with Crippen molar-refractivity contribution in [3.63, 3.8) is 0 Å². The van der Waals surface area contributed by atoms with Crippen LogP contribution in [0.1, 0.15) is 36.1 Å². The first-order valence-corrected chi connectivity index (χ1v) is 13.1. The number of rotatable bonds is 7. The number of fused-ring (bicyclic) bond motifs is 2. The summed E-state index contributed by atoms with van der Waals surface area (Å²) in [7, 11) is 0. The standard InChI is InChI=1S/C25H32N4O3S/c30-23(28-12-4-7-19-6-1-2-9-21(19)28)18-33-24-20-8-3-10-22(20)29(25(31)26-24)13-5-11-27-14-16-32-17-15-27/h1-2,6,9H,3-5,7-8,10-18H2. The predicted molar refractivity (Wildman–Crippen MR) is 130 cm³/mol. The van der Waals surface area contributed by atoms with E-state index in [1.165, 1.54) is 22.9 Å². The molecule has 1 aromatic heterocycles. The van der Waals surface area contributed by atoms with Gasteiger partial charge in [-0.15, -0.1) is 0 Å². The Labute approximate surface area is 199 Å². The van der Waals surface area contributed by atoms with Crippen molar-refractivity contribution in [2.45, 2.75) is 50.1 Å². The number of aryl methyl sites for hydroxylation is 1. The number of amides is 1. The summed E-state index contributed by atoms with van der Waals surface area (Å²) < 4.78 is 7.30. The highest BCUT2D eigenvalue weighted by Gasteiger charge is 2.25. The normalized spacial score (nSPS) is 18.2. The minimum absolute atomic E-state index is 0.0930. The molecule has 0 bridgehead atoms. The molecule has 3 heterocycles. The molecular formula is C25H32N4O3S. The molecule has 176 valence electrons. The number of ether oxygens (including phenoxy) is 1. The number of aromatic nitrogens is 2. The van der Waals surface area contributed by atoms with Gasteiger partial charge in [0.05, 0.1) is 19.0 Å². The summed E-state index contributed by atoms with van der Waals surface area (Å²) in [5.41, 5.74) is 4.41. The van der Waals surface area contributed by atoms with E-state index in [1.54, 1.807) is 0 Å². The number of nitrogens with zero attached hydrogens (tertiary/aromatic N) is 4. The van der Waals surface area contributed by atoms with Gasteiger partial charge in [0.25, 0.3) is 0 Å². The van der Waals surface area contributed by atoms with Gasteiger partial charge in [0.15, 0.2) is 0 Å². The molecular weight excluding hydrogens is 436 g/mol. The van der Waals surface area contributed by atoms with Crippen molar-refractivity contribution in [3.05, 3.63) is 51.6 Å². The van der Waals surface area contributed by atoms with Gasteiger partial charge in [0, 0.05) is 49.7 Å². The van der Waals surface area contributed by atoms with E-state index in [0.717, 1.165) is 94.3 Å². The van der Waals surface area contributed by atoms with E-state index in [9.17, 15) is 9.59 Å². The maximum absolute atomic E-state index is 13.1. The number of morpholine rings is 1. The number of carbonyl (C=O) groups is 1. The summed E-state index contributed by atoms with van der Waals surface area (Å²) >= 11 is 1.43. The Morgan fingerprint density at radius 2 is 1.88 bits per heavy atom. The monoisotopic (exact) mass is 468 g/mol. The Kier molecular flexibility index (Phi) is 7.13. The average Bonchev–Trinajstić information content (AvgIpc) is 3.34. The van der Waals surface area contributed by atoms with E-state index in [-0.39, 0.29) is 11.6 Å². The van der Waals surface area contributed by atoms with Gasteiger partial charge >= 0.3 is 5.69 Å². The quantitative estimate of drug-likeness (QED) is 0.460. The van der Waals surface area contributed by atoms with Crippen LogP contribution in [0.2, 0.25) is 0 Å². The third-order valence-electron chi connectivity index (χ3n) is 6.90. The molecule has 1 fully saturated rings.